The number of aromatic nitrogens is 3. The predicted molar refractivity (Wildman–Crippen MR) is 145 cm³/mol. The number of nitrogens with one attached hydrogen (secondary N) is 1. The van der Waals surface area contributed by atoms with E-state index < -0.39 is 23.7 Å². The van der Waals surface area contributed by atoms with Gasteiger partial charge in [0, 0.05) is 18.8 Å². The van der Waals surface area contributed by atoms with Gasteiger partial charge >= 0.3 is 0 Å². The van der Waals surface area contributed by atoms with E-state index in [1.807, 2.05) is 12.1 Å². The maximum Gasteiger partial charge on any atom is 0.249 e. The number of anilines is 1. The number of benzene rings is 3. The van der Waals surface area contributed by atoms with Gasteiger partial charge in [-0.3, -0.25) is 14.5 Å². The number of aromatic hydroxyl groups is 1. The number of hydrogen-bond acceptors (Lipinski definition) is 7. The van der Waals surface area contributed by atoms with E-state index in [0.717, 1.165) is 12.8 Å². The molecule has 2 heterocycles. The maximum absolute atomic E-state index is 14.1. The number of nitrogens with zero attached hydrogens (tertiary/aromatic N) is 4. The first-order valence-corrected chi connectivity index (χ1v) is 13.2. The Morgan fingerprint density at radius 1 is 1.20 bits per heavy atom. The number of phenols is 1. The molecule has 10 nitrogen and oxygen atoms in total. The Morgan fingerprint density at radius 2 is 2.00 bits per heavy atom. The SMILES string of the molecule is CCOc1cc([C@@H](C(=O)NC[C@@H]2CCCO2)N(C(=O)Cn2nnc3ccccc32)c2ccc(F)cc2)ccc1O. The van der Waals surface area contributed by atoms with Crippen molar-refractivity contribution >= 4 is 28.5 Å². The minimum Gasteiger partial charge on any atom is -0.504 e. The van der Waals surface area contributed by atoms with Gasteiger partial charge in [0.15, 0.2) is 11.5 Å². The van der Waals surface area contributed by atoms with Gasteiger partial charge in [-0.1, -0.05) is 23.4 Å². The molecule has 0 bridgehead atoms. The van der Waals surface area contributed by atoms with Crippen LogP contribution < -0.4 is 15.0 Å². The molecule has 0 aliphatic carbocycles. The number of ether oxygens (including phenoxy) is 2. The van der Waals surface area contributed by atoms with Crippen LogP contribution in [0.15, 0.2) is 66.7 Å². The summed E-state index contributed by atoms with van der Waals surface area (Å²) in [6, 6.07) is 15.9. The molecule has 208 valence electrons. The fraction of sp³-hybridized carbons (Fsp3) is 0.310. The van der Waals surface area contributed by atoms with Gasteiger partial charge in [0.2, 0.25) is 11.8 Å². The van der Waals surface area contributed by atoms with Crippen LogP contribution in [0.4, 0.5) is 10.1 Å². The molecule has 1 saturated heterocycles. The predicted octanol–water partition coefficient (Wildman–Crippen LogP) is 3.74. The average Bonchev–Trinajstić information content (AvgIpc) is 3.63. The van der Waals surface area contributed by atoms with Crippen LogP contribution in [0.5, 0.6) is 11.5 Å². The zero-order valence-corrected chi connectivity index (χ0v) is 22.0. The number of carbonyl (C=O) groups is 2. The zero-order chi connectivity index (χ0) is 28.1. The topological polar surface area (TPSA) is 119 Å². The summed E-state index contributed by atoms with van der Waals surface area (Å²) < 4.78 is 26.6. The Balaban J connectivity index is 1.56. The summed E-state index contributed by atoms with van der Waals surface area (Å²) in [5.41, 5.74) is 1.97. The quantitative estimate of drug-likeness (QED) is 0.310. The summed E-state index contributed by atoms with van der Waals surface area (Å²) in [5, 5.41) is 21.5. The summed E-state index contributed by atoms with van der Waals surface area (Å²) >= 11 is 0. The fourth-order valence-corrected chi connectivity index (χ4v) is 4.78. The van der Waals surface area contributed by atoms with Gasteiger partial charge in [-0.15, -0.1) is 5.10 Å². The van der Waals surface area contributed by atoms with Crippen LogP contribution in [0.3, 0.4) is 0 Å². The Morgan fingerprint density at radius 3 is 2.75 bits per heavy atom. The zero-order valence-electron chi connectivity index (χ0n) is 22.0. The van der Waals surface area contributed by atoms with E-state index in [2.05, 4.69) is 15.6 Å². The lowest BCUT2D eigenvalue weighted by Gasteiger charge is -2.32. The van der Waals surface area contributed by atoms with Crippen molar-refractivity contribution in [1.82, 2.24) is 20.3 Å². The molecule has 1 aliphatic heterocycles. The summed E-state index contributed by atoms with van der Waals surface area (Å²) in [4.78, 5) is 29.2. The van der Waals surface area contributed by atoms with E-state index in [1.165, 1.54) is 46.0 Å². The number of para-hydroxylation sites is 1. The second-order valence-corrected chi connectivity index (χ2v) is 9.42. The molecule has 0 saturated carbocycles. The molecular weight excluding hydrogens is 517 g/mol. The van der Waals surface area contributed by atoms with Crippen molar-refractivity contribution < 1.29 is 28.6 Å². The van der Waals surface area contributed by atoms with Gasteiger partial charge in [0.25, 0.3) is 0 Å². The third kappa shape index (κ3) is 5.89. The monoisotopic (exact) mass is 547 g/mol. The molecule has 0 radical (unpaired) electrons. The smallest absolute Gasteiger partial charge is 0.249 e. The largest absolute Gasteiger partial charge is 0.504 e. The van der Waals surface area contributed by atoms with Crippen molar-refractivity contribution in [2.75, 3.05) is 24.7 Å². The molecule has 1 fully saturated rings. The molecule has 0 unspecified atom stereocenters. The number of carbonyl (C=O) groups excluding carboxylic acids is 2. The van der Waals surface area contributed by atoms with E-state index in [0.29, 0.717) is 28.9 Å². The van der Waals surface area contributed by atoms with Gasteiger partial charge < -0.3 is 19.9 Å². The van der Waals surface area contributed by atoms with Crippen molar-refractivity contribution in [3.05, 3.63) is 78.1 Å². The molecule has 0 spiro atoms. The van der Waals surface area contributed by atoms with Crippen molar-refractivity contribution in [2.45, 2.75) is 38.5 Å². The second kappa shape index (κ2) is 12.1. The summed E-state index contributed by atoms with van der Waals surface area (Å²) in [6.45, 7) is 2.72. The van der Waals surface area contributed by atoms with Crippen LogP contribution in [-0.2, 0) is 20.9 Å². The number of phenolic OH excluding ortho intramolecular Hbond substituents is 1. The first-order valence-electron chi connectivity index (χ1n) is 13.2. The molecule has 11 heteroatoms. The fourth-order valence-electron chi connectivity index (χ4n) is 4.78. The highest BCUT2D eigenvalue weighted by Crippen LogP contribution is 2.34. The Labute approximate surface area is 230 Å². The highest BCUT2D eigenvalue weighted by atomic mass is 19.1. The van der Waals surface area contributed by atoms with Crippen LogP contribution in [0.2, 0.25) is 0 Å². The third-order valence-electron chi connectivity index (χ3n) is 6.71. The van der Waals surface area contributed by atoms with E-state index in [4.69, 9.17) is 9.47 Å². The minimum atomic E-state index is -1.19. The molecule has 1 aromatic heterocycles. The van der Waals surface area contributed by atoms with Gasteiger partial charge in [-0.2, -0.15) is 0 Å². The first-order chi connectivity index (χ1) is 19.4. The molecule has 2 N–H and O–H groups in total. The minimum absolute atomic E-state index is 0.0992. The normalized spacial score (nSPS) is 15.6. The van der Waals surface area contributed by atoms with Gasteiger partial charge in [0.05, 0.1) is 18.2 Å². The van der Waals surface area contributed by atoms with E-state index in [9.17, 15) is 19.1 Å². The molecule has 1 aliphatic rings. The molecular formula is C29H30FN5O5. The van der Waals surface area contributed by atoms with Crippen LogP contribution in [0.1, 0.15) is 31.4 Å². The third-order valence-corrected chi connectivity index (χ3v) is 6.71. The number of rotatable bonds is 10. The van der Waals surface area contributed by atoms with Crippen LogP contribution >= 0.6 is 0 Å². The number of hydrogen-bond donors (Lipinski definition) is 2. The Bertz CT molecular complexity index is 1490. The number of fused-ring (bicyclic) bond motifs is 1. The van der Waals surface area contributed by atoms with Gasteiger partial charge in [0.1, 0.15) is 23.9 Å². The molecule has 2 amide bonds. The Hall–Kier alpha value is -4.51. The van der Waals surface area contributed by atoms with Crippen LogP contribution in [-0.4, -0.2) is 57.8 Å². The molecule has 3 aromatic carbocycles. The molecule has 5 rings (SSSR count). The first kappa shape index (κ1) is 27.1. The summed E-state index contributed by atoms with van der Waals surface area (Å²) in [6.07, 6.45) is 1.60. The average molecular weight is 548 g/mol. The highest BCUT2D eigenvalue weighted by molar-refractivity contribution is 6.01. The number of amides is 2. The van der Waals surface area contributed by atoms with Crippen molar-refractivity contribution in [2.24, 2.45) is 0 Å². The summed E-state index contributed by atoms with van der Waals surface area (Å²) in [5.74, 6) is -1.36. The second-order valence-electron chi connectivity index (χ2n) is 9.42. The standard InChI is InChI=1S/C29H30FN5O5/c1-2-39-26-16-19(9-14-25(26)36)28(29(38)31-17-22-6-5-15-40-22)35(21-12-10-20(30)11-13-21)27(37)18-34-24-8-4-3-7-23(24)32-33-34/h3-4,7-14,16,22,28,36H,2,5-6,15,17-18H2,1H3,(H,31,38)/t22-,28-/m0/s1. The van der Waals surface area contributed by atoms with Gasteiger partial charge in [-0.25, -0.2) is 9.07 Å². The lowest BCUT2D eigenvalue weighted by Crippen LogP contribution is -2.46. The van der Waals surface area contributed by atoms with E-state index in [1.54, 1.807) is 25.1 Å². The van der Waals surface area contributed by atoms with Crippen molar-refractivity contribution in [1.29, 1.82) is 0 Å². The molecule has 40 heavy (non-hydrogen) atoms. The van der Waals surface area contributed by atoms with E-state index in [-0.39, 0.29) is 37.3 Å². The lowest BCUT2D eigenvalue weighted by molar-refractivity contribution is -0.127. The van der Waals surface area contributed by atoms with Crippen molar-refractivity contribution in [3.63, 3.8) is 0 Å². The lowest BCUT2D eigenvalue weighted by atomic mass is 10.0. The number of halogens is 1. The van der Waals surface area contributed by atoms with Crippen LogP contribution in [0, 0.1) is 5.82 Å². The highest BCUT2D eigenvalue weighted by Gasteiger charge is 2.34. The summed E-state index contributed by atoms with van der Waals surface area (Å²) in [7, 11) is 0. The molecule has 2 atom stereocenters. The van der Waals surface area contributed by atoms with E-state index >= 15 is 0 Å². The maximum atomic E-state index is 14.1. The van der Waals surface area contributed by atoms with Crippen molar-refractivity contribution in [3.8, 4) is 11.5 Å². The van der Waals surface area contributed by atoms with Gasteiger partial charge in [-0.05, 0) is 73.9 Å². The molecule has 4 aromatic rings. The Kier molecular flexibility index (Phi) is 8.20. The van der Waals surface area contributed by atoms with Crippen LogP contribution in [0.25, 0.3) is 11.0 Å².